The minimum absolute atomic E-state index is 0.410. The topological polar surface area (TPSA) is 30.7 Å². The molecule has 2 unspecified atom stereocenters. The molecule has 0 aromatic carbocycles. The fourth-order valence-electron chi connectivity index (χ4n) is 3.60. The first-order chi connectivity index (χ1) is 9.58. The normalized spacial score (nSPS) is 27.1. The number of imidazole rings is 1. The van der Waals surface area contributed by atoms with Crippen LogP contribution in [0.2, 0.25) is 5.02 Å². The Morgan fingerprint density at radius 2 is 1.95 bits per heavy atom. The molecule has 3 nitrogen and oxygen atoms in total. The number of fused-ring (bicyclic) bond motifs is 1. The highest BCUT2D eigenvalue weighted by Gasteiger charge is 2.28. The maximum absolute atomic E-state index is 6.09. The molecule has 0 bridgehead atoms. The van der Waals surface area contributed by atoms with Crippen LogP contribution >= 0.6 is 23.2 Å². The maximum Gasteiger partial charge on any atom is 0.160 e. The van der Waals surface area contributed by atoms with Gasteiger partial charge < -0.3 is 4.57 Å². The third kappa shape index (κ3) is 2.53. The van der Waals surface area contributed by atoms with Crippen molar-refractivity contribution in [1.29, 1.82) is 0 Å². The molecular formula is C15H19Cl2N3. The van der Waals surface area contributed by atoms with Gasteiger partial charge in [-0.25, -0.2) is 9.97 Å². The van der Waals surface area contributed by atoms with E-state index in [-0.39, 0.29) is 0 Å². The van der Waals surface area contributed by atoms with Gasteiger partial charge in [-0.05, 0) is 37.2 Å². The van der Waals surface area contributed by atoms with E-state index in [2.05, 4.69) is 28.4 Å². The molecule has 1 fully saturated rings. The van der Waals surface area contributed by atoms with E-state index in [0.29, 0.717) is 16.9 Å². The van der Waals surface area contributed by atoms with Crippen LogP contribution in [-0.2, 0) is 5.88 Å². The third-order valence-corrected chi connectivity index (χ3v) is 4.65. The zero-order chi connectivity index (χ0) is 14.3. The van der Waals surface area contributed by atoms with Crippen LogP contribution in [-0.4, -0.2) is 14.5 Å². The van der Waals surface area contributed by atoms with Gasteiger partial charge >= 0.3 is 0 Å². The highest BCUT2D eigenvalue weighted by atomic mass is 35.5. The molecule has 1 saturated carbocycles. The molecule has 0 saturated heterocycles. The van der Waals surface area contributed by atoms with Crippen LogP contribution in [0, 0.1) is 11.8 Å². The van der Waals surface area contributed by atoms with E-state index in [1.54, 1.807) is 6.20 Å². The number of halogens is 2. The first-order valence-electron chi connectivity index (χ1n) is 7.16. The summed E-state index contributed by atoms with van der Waals surface area (Å²) in [5.74, 6) is 2.78. The molecule has 20 heavy (non-hydrogen) atoms. The fourth-order valence-corrected chi connectivity index (χ4v) is 3.94. The molecule has 2 aromatic rings. The fraction of sp³-hybridized carbons (Fsp3) is 0.600. The summed E-state index contributed by atoms with van der Waals surface area (Å²) in [6, 6.07) is 2.31. The molecule has 0 spiro atoms. The van der Waals surface area contributed by atoms with Crippen LogP contribution in [0.15, 0.2) is 12.3 Å². The van der Waals surface area contributed by atoms with Crippen molar-refractivity contribution in [3.8, 4) is 0 Å². The molecule has 1 aliphatic rings. The number of hydrogen-bond acceptors (Lipinski definition) is 2. The third-order valence-electron chi connectivity index (χ3n) is 4.21. The number of rotatable bonds is 2. The monoisotopic (exact) mass is 311 g/mol. The lowest BCUT2D eigenvalue weighted by Crippen LogP contribution is -2.24. The van der Waals surface area contributed by atoms with E-state index in [1.165, 1.54) is 19.3 Å². The average Bonchev–Trinajstić information content (AvgIpc) is 2.74. The SMILES string of the molecule is CC1CC(C)CC(n2c(CCl)nc3cc(Cl)cnc32)C1. The quantitative estimate of drug-likeness (QED) is 0.744. The van der Waals surface area contributed by atoms with Crippen molar-refractivity contribution in [3.05, 3.63) is 23.1 Å². The molecule has 2 aromatic heterocycles. The van der Waals surface area contributed by atoms with Crippen LogP contribution in [0.1, 0.15) is 45.0 Å². The Morgan fingerprint density at radius 3 is 2.60 bits per heavy atom. The molecule has 0 N–H and O–H groups in total. The zero-order valence-corrected chi connectivity index (χ0v) is 13.3. The second-order valence-corrected chi connectivity index (χ2v) is 6.80. The first kappa shape index (κ1) is 14.2. The first-order valence-corrected chi connectivity index (χ1v) is 8.08. The van der Waals surface area contributed by atoms with Crippen LogP contribution in [0.25, 0.3) is 11.2 Å². The van der Waals surface area contributed by atoms with Crippen LogP contribution in [0.3, 0.4) is 0 Å². The lowest BCUT2D eigenvalue weighted by Gasteiger charge is -2.33. The van der Waals surface area contributed by atoms with Crippen LogP contribution in [0.5, 0.6) is 0 Å². The van der Waals surface area contributed by atoms with E-state index < -0.39 is 0 Å². The maximum atomic E-state index is 6.09. The smallest absolute Gasteiger partial charge is 0.160 e. The van der Waals surface area contributed by atoms with Gasteiger partial charge in [0.1, 0.15) is 11.3 Å². The summed E-state index contributed by atoms with van der Waals surface area (Å²) in [5, 5.41) is 0.619. The molecule has 0 radical (unpaired) electrons. The van der Waals surface area contributed by atoms with E-state index in [4.69, 9.17) is 23.2 Å². The number of pyridine rings is 1. The molecule has 2 atom stereocenters. The average molecular weight is 312 g/mol. The Bertz CT molecular complexity index is 613. The predicted molar refractivity (Wildman–Crippen MR) is 83.3 cm³/mol. The predicted octanol–water partition coefficient (Wildman–Crippen LogP) is 4.82. The van der Waals surface area contributed by atoms with Gasteiger partial charge in [-0.2, -0.15) is 0 Å². The minimum atomic E-state index is 0.410. The van der Waals surface area contributed by atoms with Crippen LogP contribution in [0.4, 0.5) is 0 Å². The van der Waals surface area contributed by atoms with Gasteiger partial charge in [0.2, 0.25) is 0 Å². The molecule has 5 heteroatoms. The molecule has 0 aliphatic heterocycles. The summed E-state index contributed by atoms with van der Waals surface area (Å²) < 4.78 is 2.24. The molecule has 108 valence electrons. The Hall–Kier alpha value is -0.800. The number of hydrogen-bond donors (Lipinski definition) is 0. The van der Waals surface area contributed by atoms with Gasteiger partial charge in [0, 0.05) is 12.2 Å². The van der Waals surface area contributed by atoms with Crippen molar-refractivity contribution in [2.45, 2.75) is 45.0 Å². The van der Waals surface area contributed by atoms with Gasteiger partial charge in [0.05, 0.1) is 10.9 Å². The lowest BCUT2D eigenvalue weighted by molar-refractivity contribution is 0.222. The van der Waals surface area contributed by atoms with Crippen molar-refractivity contribution in [1.82, 2.24) is 14.5 Å². The van der Waals surface area contributed by atoms with Crippen molar-refractivity contribution in [3.63, 3.8) is 0 Å². The molecular weight excluding hydrogens is 293 g/mol. The highest BCUT2D eigenvalue weighted by molar-refractivity contribution is 6.31. The van der Waals surface area contributed by atoms with Crippen molar-refractivity contribution in [2.24, 2.45) is 11.8 Å². The summed E-state index contributed by atoms with van der Waals surface area (Å²) in [6.07, 6.45) is 5.34. The van der Waals surface area contributed by atoms with Gasteiger partial charge in [-0.3, -0.25) is 0 Å². The molecule has 3 rings (SSSR count). The second kappa shape index (κ2) is 5.53. The Labute approximate surface area is 129 Å². The van der Waals surface area contributed by atoms with Crippen molar-refractivity contribution < 1.29 is 0 Å². The van der Waals surface area contributed by atoms with Gasteiger partial charge in [0.15, 0.2) is 5.65 Å². The Kier molecular flexibility index (Phi) is 3.91. The highest BCUT2D eigenvalue weighted by Crippen LogP contribution is 2.38. The standard InChI is InChI=1S/C15H19Cl2N3/c1-9-3-10(2)5-12(4-9)20-14(7-16)19-13-6-11(17)8-18-15(13)20/h6,8-10,12H,3-5,7H2,1-2H3. The summed E-state index contributed by atoms with van der Waals surface area (Å²) in [7, 11) is 0. The van der Waals surface area contributed by atoms with E-state index in [1.807, 2.05) is 6.07 Å². The van der Waals surface area contributed by atoms with Gasteiger partial charge in [-0.1, -0.05) is 25.4 Å². The summed E-state index contributed by atoms with van der Waals surface area (Å²) >= 11 is 12.1. The van der Waals surface area contributed by atoms with Gasteiger partial charge in [-0.15, -0.1) is 11.6 Å². The summed E-state index contributed by atoms with van der Waals surface area (Å²) in [5.41, 5.74) is 1.76. The number of aromatic nitrogens is 3. The Morgan fingerprint density at radius 1 is 1.25 bits per heavy atom. The molecule has 0 amide bonds. The van der Waals surface area contributed by atoms with Crippen molar-refractivity contribution in [2.75, 3.05) is 0 Å². The lowest BCUT2D eigenvalue weighted by atomic mass is 9.80. The molecule has 1 aliphatic carbocycles. The van der Waals surface area contributed by atoms with Crippen LogP contribution < -0.4 is 0 Å². The number of nitrogens with zero attached hydrogens (tertiary/aromatic N) is 3. The number of alkyl halides is 1. The van der Waals surface area contributed by atoms with Gasteiger partial charge in [0.25, 0.3) is 0 Å². The summed E-state index contributed by atoms with van der Waals surface area (Å²) in [4.78, 5) is 9.09. The Balaban J connectivity index is 2.09. The van der Waals surface area contributed by atoms with E-state index in [0.717, 1.165) is 28.8 Å². The van der Waals surface area contributed by atoms with Crippen molar-refractivity contribution >= 4 is 34.4 Å². The second-order valence-electron chi connectivity index (χ2n) is 6.10. The van der Waals surface area contributed by atoms with E-state index in [9.17, 15) is 0 Å². The molecule has 2 heterocycles. The summed E-state index contributed by atoms with van der Waals surface area (Å²) in [6.45, 7) is 4.65. The zero-order valence-electron chi connectivity index (χ0n) is 11.8. The largest absolute Gasteiger partial charge is 0.309 e. The minimum Gasteiger partial charge on any atom is -0.309 e. The van der Waals surface area contributed by atoms with E-state index >= 15 is 0 Å².